The molecule has 1 saturated heterocycles. The monoisotopic (exact) mass is 290 g/mol. The van der Waals surface area contributed by atoms with Crippen LogP contribution in [-0.2, 0) is 0 Å². The quantitative estimate of drug-likeness (QED) is 0.856. The third-order valence-electron chi connectivity index (χ3n) is 4.91. The molecule has 114 valence electrons. The van der Waals surface area contributed by atoms with E-state index in [9.17, 15) is 0 Å². The first-order chi connectivity index (χ1) is 10.2. The van der Waals surface area contributed by atoms with Crippen molar-refractivity contribution < 1.29 is 14.2 Å². The topological polar surface area (TPSA) is 43.0 Å². The van der Waals surface area contributed by atoms with Crippen molar-refractivity contribution in [2.24, 2.45) is 0 Å². The maximum atomic E-state index is 6.51. The van der Waals surface area contributed by atoms with Gasteiger partial charge in [0.1, 0.15) is 5.60 Å². The number of rotatable bonds is 1. The van der Waals surface area contributed by atoms with Crippen LogP contribution in [0.2, 0.25) is 0 Å². The average Bonchev–Trinajstić information content (AvgIpc) is 2.96. The number of fused-ring (bicyclic) bond motifs is 3. The molecule has 0 radical (unpaired) electrons. The van der Waals surface area contributed by atoms with Crippen LogP contribution in [0.4, 0.5) is 0 Å². The highest BCUT2D eigenvalue weighted by Crippen LogP contribution is 2.53. The summed E-state index contributed by atoms with van der Waals surface area (Å²) in [6, 6.07) is 4.49. The molecule has 0 saturated carbocycles. The van der Waals surface area contributed by atoms with Gasteiger partial charge in [0.05, 0.1) is 0 Å². The summed E-state index contributed by atoms with van der Waals surface area (Å²) < 4.78 is 17.7. The molecule has 5 heteroatoms. The minimum absolute atomic E-state index is 0.0751. The van der Waals surface area contributed by atoms with Crippen LogP contribution in [0.15, 0.2) is 12.1 Å². The van der Waals surface area contributed by atoms with Crippen molar-refractivity contribution in [1.82, 2.24) is 10.2 Å². The van der Waals surface area contributed by atoms with E-state index in [1.807, 2.05) is 6.07 Å². The number of ether oxygens (including phenoxy) is 3. The van der Waals surface area contributed by atoms with Crippen LogP contribution in [0.25, 0.3) is 0 Å². The predicted molar refractivity (Wildman–Crippen MR) is 79.1 cm³/mol. The lowest BCUT2D eigenvalue weighted by Gasteiger charge is -2.46. The Morgan fingerprint density at radius 2 is 1.95 bits per heavy atom. The molecule has 0 bridgehead atoms. The Labute approximate surface area is 125 Å². The predicted octanol–water partition coefficient (Wildman–Crippen LogP) is 1.92. The maximum absolute atomic E-state index is 6.51. The maximum Gasteiger partial charge on any atom is 0.231 e. The van der Waals surface area contributed by atoms with Crippen molar-refractivity contribution in [3.63, 3.8) is 0 Å². The van der Waals surface area contributed by atoms with Crippen molar-refractivity contribution >= 4 is 0 Å². The first-order valence-corrected chi connectivity index (χ1v) is 7.67. The molecule has 3 aliphatic heterocycles. The number of nitrogens with one attached hydrogen (secondary N) is 1. The van der Waals surface area contributed by atoms with E-state index < -0.39 is 0 Å². The molecule has 21 heavy (non-hydrogen) atoms. The van der Waals surface area contributed by atoms with E-state index in [0.29, 0.717) is 6.04 Å². The highest BCUT2D eigenvalue weighted by Gasteiger charge is 2.44. The van der Waals surface area contributed by atoms with Crippen LogP contribution in [0.3, 0.4) is 0 Å². The lowest BCUT2D eigenvalue weighted by Crippen LogP contribution is -2.50. The van der Waals surface area contributed by atoms with Gasteiger partial charge < -0.3 is 24.4 Å². The minimum Gasteiger partial charge on any atom is -0.483 e. The van der Waals surface area contributed by atoms with E-state index >= 15 is 0 Å². The molecule has 4 rings (SSSR count). The average molecular weight is 290 g/mol. The molecule has 1 atom stereocenters. The summed E-state index contributed by atoms with van der Waals surface area (Å²) in [6.07, 6.45) is 3.12. The van der Waals surface area contributed by atoms with E-state index in [1.165, 1.54) is 5.56 Å². The van der Waals surface area contributed by atoms with Gasteiger partial charge >= 0.3 is 0 Å². The van der Waals surface area contributed by atoms with Gasteiger partial charge in [-0.3, -0.25) is 0 Å². The van der Waals surface area contributed by atoms with Crippen LogP contribution in [0.1, 0.15) is 30.9 Å². The molecular formula is C16H22N2O3. The number of piperidine rings is 1. The second-order valence-electron chi connectivity index (χ2n) is 6.44. The van der Waals surface area contributed by atoms with Gasteiger partial charge in [-0.25, -0.2) is 0 Å². The van der Waals surface area contributed by atoms with E-state index in [0.717, 1.165) is 49.6 Å². The molecule has 0 aliphatic carbocycles. The largest absolute Gasteiger partial charge is 0.483 e. The number of hydrogen-bond acceptors (Lipinski definition) is 5. The molecular weight excluding hydrogens is 268 g/mol. The van der Waals surface area contributed by atoms with Crippen LogP contribution >= 0.6 is 0 Å². The number of nitrogens with zero attached hydrogens (tertiary/aromatic N) is 1. The Morgan fingerprint density at radius 3 is 2.71 bits per heavy atom. The first-order valence-electron chi connectivity index (χ1n) is 7.67. The third-order valence-corrected chi connectivity index (χ3v) is 4.91. The fourth-order valence-corrected chi connectivity index (χ4v) is 3.70. The number of benzene rings is 1. The normalized spacial score (nSPS) is 25.8. The zero-order valence-electron chi connectivity index (χ0n) is 12.6. The Morgan fingerprint density at radius 1 is 1.14 bits per heavy atom. The fraction of sp³-hybridized carbons (Fsp3) is 0.625. The summed E-state index contributed by atoms with van der Waals surface area (Å²) in [7, 11) is 4.28. The second kappa shape index (κ2) is 4.78. The van der Waals surface area contributed by atoms with Crippen molar-refractivity contribution in [3.05, 3.63) is 17.7 Å². The van der Waals surface area contributed by atoms with Gasteiger partial charge in [0.2, 0.25) is 12.5 Å². The zero-order valence-corrected chi connectivity index (χ0v) is 12.6. The smallest absolute Gasteiger partial charge is 0.231 e. The molecule has 1 N–H and O–H groups in total. The lowest BCUT2D eigenvalue weighted by atomic mass is 9.80. The van der Waals surface area contributed by atoms with Gasteiger partial charge in [-0.2, -0.15) is 0 Å². The van der Waals surface area contributed by atoms with Crippen LogP contribution in [0, 0.1) is 0 Å². The van der Waals surface area contributed by atoms with Gasteiger partial charge in [-0.15, -0.1) is 0 Å². The molecule has 1 spiro atoms. The van der Waals surface area contributed by atoms with Crippen molar-refractivity contribution in [3.8, 4) is 17.2 Å². The zero-order chi connectivity index (χ0) is 14.4. The summed E-state index contributed by atoms with van der Waals surface area (Å²) in [5.74, 6) is 2.49. The molecule has 0 aromatic heterocycles. The molecule has 3 heterocycles. The van der Waals surface area contributed by atoms with E-state index in [2.05, 4.69) is 30.4 Å². The summed E-state index contributed by atoms with van der Waals surface area (Å²) in [5, 5.41) is 3.43. The van der Waals surface area contributed by atoms with Gasteiger partial charge in [-0.05, 0) is 52.2 Å². The molecule has 5 nitrogen and oxygen atoms in total. The molecule has 0 amide bonds. The van der Waals surface area contributed by atoms with Gasteiger partial charge in [0.15, 0.2) is 11.5 Å². The third kappa shape index (κ3) is 2.07. The fourth-order valence-electron chi connectivity index (χ4n) is 3.70. The van der Waals surface area contributed by atoms with E-state index in [-0.39, 0.29) is 12.4 Å². The number of hydrogen-bond donors (Lipinski definition) is 1. The molecule has 1 unspecified atom stereocenters. The van der Waals surface area contributed by atoms with E-state index in [1.54, 1.807) is 0 Å². The molecule has 1 aromatic rings. The standard InChI is InChI=1S/C16H22N2O3/c1-18(2)12-9-16(5-7-17-8-6-16)21-14-11(12)3-4-13-15(14)20-10-19-13/h3-4,12,17H,5-10H2,1-2H3. The Balaban J connectivity index is 1.80. The SMILES string of the molecule is CN(C)C1CC2(CCNCC2)Oc2c1ccc1c2OCO1. The Kier molecular flexibility index (Phi) is 3.01. The summed E-state index contributed by atoms with van der Waals surface area (Å²) in [5.41, 5.74) is 1.14. The van der Waals surface area contributed by atoms with Gasteiger partial charge in [-0.1, -0.05) is 0 Å². The van der Waals surface area contributed by atoms with Crippen LogP contribution in [-0.4, -0.2) is 44.5 Å². The Bertz CT molecular complexity index is 553. The van der Waals surface area contributed by atoms with Crippen LogP contribution in [0.5, 0.6) is 17.2 Å². The highest BCUT2D eigenvalue weighted by atomic mass is 16.7. The summed E-state index contributed by atoms with van der Waals surface area (Å²) >= 11 is 0. The van der Waals surface area contributed by atoms with Gasteiger partial charge in [0.25, 0.3) is 0 Å². The van der Waals surface area contributed by atoms with Gasteiger partial charge in [0, 0.05) is 18.0 Å². The van der Waals surface area contributed by atoms with Crippen molar-refractivity contribution in [2.75, 3.05) is 34.0 Å². The van der Waals surface area contributed by atoms with E-state index in [4.69, 9.17) is 14.2 Å². The highest BCUT2D eigenvalue weighted by molar-refractivity contribution is 5.59. The molecule has 3 aliphatic rings. The van der Waals surface area contributed by atoms with Crippen LogP contribution < -0.4 is 19.5 Å². The Hall–Kier alpha value is -1.46. The minimum atomic E-state index is -0.0751. The lowest BCUT2D eigenvalue weighted by molar-refractivity contribution is -0.0140. The molecule has 1 aromatic carbocycles. The first kappa shape index (κ1) is 13.2. The van der Waals surface area contributed by atoms with Crippen molar-refractivity contribution in [2.45, 2.75) is 30.9 Å². The molecule has 1 fully saturated rings. The second-order valence-corrected chi connectivity index (χ2v) is 6.44. The summed E-state index contributed by atoms with van der Waals surface area (Å²) in [6.45, 7) is 2.32. The summed E-state index contributed by atoms with van der Waals surface area (Å²) in [4.78, 5) is 2.29. The van der Waals surface area contributed by atoms with Crippen molar-refractivity contribution in [1.29, 1.82) is 0 Å².